The van der Waals surface area contributed by atoms with Crippen LogP contribution in [0.15, 0.2) is 24.3 Å². The molecular weight excluding hydrogens is 306 g/mol. The van der Waals surface area contributed by atoms with Gasteiger partial charge in [-0.3, -0.25) is 20.3 Å². The lowest BCUT2D eigenvalue weighted by Crippen LogP contribution is -2.48. The number of amides is 1. The van der Waals surface area contributed by atoms with Gasteiger partial charge in [-0.05, 0) is 25.0 Å². The molecule has 0 atom stereocenters. The van der Waals surface area contributed by atoms with Crippen molar-refractivity contribution in [1.29, 1.82) is 0 Å². The second-order valence-corrected chi connectivity index (χ2v) is 5.04. The van der Waals surface area contributed by atoms with Gasteiger partial charge in [0, 0.05) is 25.2 Å². The van der Waals surface area contributed by atoms with Gasteiger partial charge >= 0.3 is 12.1 Å². The van der Waals surface area contributed by atoms with Crippen LogP contribution in [0.3, 0.4) is 0 Å². The normalized spacial score (nSPS) is 15.7. The van der Waals surface area contributed by atoms with Crippen molar-refractivity contribution in [2.75, 3.05) is 20.2 Å². The molecule has 2 rings (SSSR count). The number of carbonyl (C=O) groups excluding carboxylic acids is 2. The van der Waals surface area contributed by atoms with Gasteiger partial charge in [-0.2, -0.15) is 0 Å². The Bertz CT molecular complexity index is 581. The number of nitro groups is 1. The van der Waals surface area contributed by atoms with Crippen molar-refractivity contribution >= 4 is 17.7 Å². The molecule has 0 bridgehead atoms. The highest BCUT2D eigenvalue weighted by Crippen LogP contribution is 2.19. The van der Waals surface area contributed by atoms with E-state index < -0.39 is 11.0 Å². The predicted molar refractivity (Wildman–Crippen MR) is 78.6 cm³/mol. The fourth-order valence-corrected chi connectivity index (χ4v) is 2.29. The lowest BCUT2D eigenvalue weighted by molar-refractivity contribution is -0.384. The first-order valence-corrected chi connectivity index (χ1v) is 7.05. The second-order valence-electron chi connectivity index (χ2n) is 5.04. The maximum absolute atomic E-state index is 11.8. The van der Waals surface area contributed by atoms with Crippen molar-refractivity contribution in [1.82, 2.24) is 10.4 Å². The lowest BCUT2D eigenvalue weighted by atomic mass is 9.98. The van der Waals surface area contributed by atoms with Crippen LogP contribution in [0.25, 0.3) is 0 Å². The number of nitrogens with one attached hydrogen (secondary N) is 1. The third-order valence-corrected chi connectivity index (χ3v) is 3.54. The number of benzene rings is 1. The van der Waals surface area contributed by atoms with Gasteiger partial charge in [-0.25, -0.2) is 9.80 Å². The SMILES string of the molecule is COC(=O)C1CCN(NC(=O)Oc2ccc([N+](=O)[O-])cc2)CC1. The van der Waals surface area contributed by atoms with E-state index in [0.29, 0.717) is 25.9 Å². The van der Waals surface area contributed by atoms with Crippen LogP contribution in [-0.2, 0) is 9.53 Å². The fourth-order valence-electron chi connectivity index (χ4n) is 2.29. The highest BCUT2D eigenvalue weighted by atomic mass is 16.6. The van der Waals surface area contributed by atoms with Gasteiger partial charge in [-0.15, -0.1) is 0 Å². The maximum Gasteiger partial charge on any atom is 0.427 e. The van der Waals surface area contributed by atoms with Gasteiger partial charge in [0.25, 0.3) is 5.69 Å². The van der Waals surface area contributed by atoms with E-state index in [1.165, 1.54) is 31.4 Å². The summed E-state index contributed by atoms with van der Waals surface area (Å²) < 4.78 is 9.74. The van der Waals surface area contributed by atoms with Crippen LogP contribution >= 0.6 is 0 Å². The number of hydrogen-bond donors (Lipinski definition) is 1. The standard InChI is InChI=1S/C14H17N3O6/c1-22-13(18)10-6-8-16(9-7-10)15-14(19)23-12-4-2-11(3-5-12)17(20)21/h2-5,10H,6-9H2,1H3,(H,15,19). The minimum Gasteiger partial charge on any atom is -0.469 e. The summed E-state index contributed by atoms with van der Waals surface area (Å²) in [6.45, 7) is 1.02. The zero-order valence-electron chi connectivity index (χ0n) is 12.6. The number of piperidine rings is 1. The summed E-state index contributed by atoms with van der Waals surface area (Å²) in [6.07, 6.45) is 0.491. The molecule has 1 aromatic carbocycles. The average Bonchev–Trinajstić information content (AvgIpc) is 2.55. The van der Waals surface area contributed by atoms with E-state index in [9.17, 15) is 19.7 Å². The van der Waals surface area contributed by atoms with Crippen LogP contribution in [0.5, 0.6) is 5.75 Å². The molecule has 1 aliphatic heterocycles. The molecule has 0 unspecified atom stereocenters. The molecule has 0 spiro atoms. The molecule has 1 saturated heterocycles. The molecule has 0 radical (unpaired) electrons. The van der Waals surface area contributed by atoms with E-state index in [1.54, 1.807) is 5.01 Å². The number of esters is 1. The van der Waals surface area contributed by atoms with Gasteiger partial charge in [-0.1, -0.05) is 0 Å². The van der Waals surface area contributed by atoms with Crippen molar-refractivity contribution in [2.24, 2.45) is 5.92 Å². The summed E-state index contributed by atoms with van der Waals surface area (Å²) in [5.41, 5.74) is 2.49. The Morgan fingerprint density at radius 2 is 1.87 bits per heavy atom. The predicted octanol–water partition coefficient (Wildman–Crippen LogP) is 1.48. The molecule has 1 fully saturated rings. The second kappa shape index (κ2) is 7.54. The van der Waals surface area contributed by atoms with Crippen LogP contribution in [0, 0.1) is 16.0 Å². The zero-order valence-corrected chi connectivity index (χ0v) is 12.6. The molecule has 124 valence electrons. The number of methoxy groups -OCH3 is 1. The molecule has 0 aliphatic carbocycles. The molecule has 0 aromatic heterocycles. The number of ether oxygens (including phenoxy) is 2. The van der Waals surface area contributed by atoms with E-state index in [4.69, 9.17) is 9.47 Å². The van der Waals surface area contributed by atoms with E-state index in [1.807, 2.05) is 0 Å². The van der Waals surface area contributed by atoms with Crippen LogP contribution < -0.4 is 10.2 Å². The van der Waals surface area contributed by atoms with Gasteiger partial charge < -0.3 is 9.47 Å². The molecule has 9 heteroatoms. The summed E-state index contributed by atoms with van der Waals surface area (Å²) in [5, 5.41) is 12.2. The maximum atomic E-state index is 11.8. The molecule has 1 N–H and O–H groups in total. The molecule has 1 aromatic rings. The third kappa shape index (κ3) is 4.65. The number of non-ortho nitro benzene ring substituents is 1. The molecule has 1 aliphatic rings. The topological polar surface area (TPSA) is 111 Å². The highest BCUT2D eigenvalue weighted by Gasteiger charge is 2.26. The van der Waals surface area contributed by atoms with E-state index in [2.05, 4.69) is 5.43 Å². The fraction of sp³-hybridized carbons (Fsp3) is 0.429. The van der Waals surface area contributed by atoms with Crippen molar-refractivity contribution in [3.8, 4) is 5.75 Å². The van der Waals surface area contributed by atoms with Gasteiger partial charge in [0.2, 0.25) is 0 Å². The van der Waals surface area contributed by atoms with E-state index >= 15 is 0 Å². The Morgan fingerprint density at radius 3 is 2.39 bits per heavy atom. The Balaban J connectivity index is 1.79. The first kappa shape index (κ1) is 16.7. The minimum atomic E-state index is -0.685. The van der Waals surface area contributed by atoms with Crippen molar-refractivity contribution < 1.29 is 24.0 Å². The Kier molecular flexibility index (Phi) is 5.47. The first-order valence-electron chi connectivity index (χ1n) is 7.05. The first-order chi connectivity index (χ1) is 11.0. The van der Waals surface area contributed by atoms with Gasteiger partial charge in [0.05, 0.1) is 18.0 Å². The molecule has 1 amide bonds. The van der Waals surface area contributed by atoms with Crippen LogP contribution in [0.4, 0.5) is 10.5 Å². The van der Waals surface area contributed by atoms with Crippen molar-refractivity contribution in [3.63, 3.8) is 0 Å². The smallest absolute Gasteiger partial charge is 0.427 e. The van der Waals surface area contributed by atoms with Crippen LogP contribution in [0.2, 0.25) is 0 Å². The largest absolute Gasteiger partial charge is 0.469 e. The Hall–Kier alpha value is -2.68. The van der Waals surface area contributed by atoms with Gasteiger partial charge in [0.15, 0.2) is 0 Å². The summed E-state index contributed by atoms with van der Waals surface area (Å²) in [6, 6.07) is 5.21. The number of nitrogens with zero attached hydrogens (tertiary/aromatic N) is 2. The monoisotopic (exact) mass is 323 g/mol. The molecule has 0 saturated carbocycles. The lowest BCUT2D eigenvalue weighted by Gasteiger charge is -2.30. The summed E-state index contributed by atoms with van der Waals surface area (Å²) in [7, 11) is 1.36. The summed E-state index contributed by atoms with van der Waals surface area (Å²) >= 11 is 0. The number of hydrogen-bond acceptors (Lipinski definition) is 7. The van der Waals surface area contributed by atoms with Crippen LogP contribution in [0.1, 0.15) is 12.8 Å². The summed E-state index contributed by atoms with van der Waals surface area (Å²) in [4.78, 5) is 33.2. The van der Waals surface area contributed by atoms with E-state index in [0.717, 1.165) is 0 Å². The Labute approximate surface area is 132 Å². The minimum absolute atomic E-state index is 0.0809. The number of rotatable bonds is 4. The zero-order chi connectivity index (χ0) is 16.8. The number of nitro benzene ring substituents is 1. The van der Waals surface area contributed by atoms with Crippen molar-refractivity contribution in [2.45, 2.75) is 12.8 Å². The third-order valence-electron chi connectivity index (χ3n) is 3.54. The Morgan fingerprint density at radius 1 is 1.26 bits per heavy atom. The molecular formula is C14H17N3O6. The highest BCUT2D eigenvalue weighted by molar-refractivity contribution is 5.72. The molecule has 1 heterocycles. The molecule has 9 nitrogen and oxygen atoms in total. The molecule has 23 heavy (non-hydrogen) atoms. The average molecular weight is 323 g/mol. The van der Waals surface area contributed by atoms with E-state index in [-0.39, 0.29) is 23.3 Å². The number of hydrazine groups is 1. The van der Waals surface area contributed by atoms with Crippen LogP contribution in [-0.4, -0.2) is 42.2 Å². The quantitative estimate of drug-likeness (QED) is 0.507. The number of carbonyl (C=O) groups is 2. The van der Waals surface area contributed by atoms with Gasteiger partial charge in [0.1, 0.15) is 5.75 Å². The van der Waals surface area contributed by atoms with Crippen molar-refractivity contribution in [3.05, 3.63) is 34.4 Å². The summed E-state index contributed by atoms with van der Waals surface area (Å²) in [5.74, 6) is -0.181.